The number of anilines is 1. The average molecular weight is 686 g/mol. The molecular weight excluding hydrogens is 653 g/mol. The van der Waals surface area contributed by atoms with Gasteiger partial charge in [0.2, 0.25) is 0 Å². The van der Waals surface area contributed by atoms with Crippen LogP contribution in [0.25, 0.3) is 11.1 Å². The molecule has 0 saturated carbocycles. The number of fused-ring (bicyclic) bond motifs is 1. The maximum absolute atomic E-state index is 15.3. The van der Waals surface area contributed by atoms with Crippen LogP contribution < -0.4 is 14.8 Å². The summed E-state index contributed by atoms with van der Waals surface area (Å²) < 4.78 is 82.4. The van der Waals surface area contributed by atoms with Gasteiger partial charge in [-0.1, -0.05) is 30.0 Å². The molecule has 5 rings (SSSR count). The van der Waals surface area contributed by atoms with Gasteiger partial charge in [0.1, 0.15) is 11.3 Å². The molecule has 0 unspecified atom stereocenters. The third-order valence-electron chi connectivity index (χ3n) is 8.55. The lowest BCUT2D eigenvalue weighted by Gasteiger charge is -2.46. The normalized spacial score (nSPS) is 17.8. The zero-order valence-electron chi connectivity index (χ0n) is 26.7. The number of aliphatic hydroxyl groups is 2. The van der Waals surface area contributed by atoms with Crippen molar-refractivity contribution >= 4 is 17.5 Å². The van der Waals surface area contributed by atoms with Crippen molar-refractivity contribution in [2.45, 2.75) is 44.4 Å². The van der Waals surface area contributed by atoms with E-state index >= 15 is 4.39 Å². The van der Waals surface area contributed by atoms with Crippen molar-refractivity contribution in [3.8, 4) is 34.5 Å². The number of amides is 2. The van der Waals surface area contributed by atoms with Gasteiger partial charge in [-0.05, 0) is 50.1 Å². The molecule has 0 spiro atoms. The zero-order valence-corrected chi connectivity index (χ0v) is 26.7. The van der Waals surface area contributed by atoms with Crippen molar-refractivity contribution in [1.29, 1.82) is 0 Å². The molecule has 1 atom stereocenters. The number of hydrogen-bond acceptors (Lipinski definition) is 7. The summed E-state index contributed by atoms with van der Waals surface area (Å²) in [5.41, 5.74) is -3.63. The standard InChI is InChI=1S/C35H32F5N3O6/c1-34-15-7-16-43(34)42(19-21-12-11-20(8-4-5-17-44)28(36)29(21)37)33(47)27(31(34)45)32(46)41-25-14-13-22(35(38,39)40)18-24(25)23-9-6-10-26(48-2)30(23)49-3/h6,9-14,18,44-45H,5,7,15-17,19H2,1-3H3,(H,41,46)/t34-/m1/s1. The van der Waals surface area contributed by atoms with E-state index in [1.165, 1.54) is 49.6 Å². The fraction of sp³-hybridized carbons (Fsp3) is 0.314. The molecule has 0 radical (unpaired) electrons. The Balaban J connectivity index is 1.55. The van der Waals surface area contributed by atoms with E-state index in [1.54, 1.807) is 6.92 Å². The summed E-state index contributed by atoms with van der Waals surface area (Å²) in [5, 5.41) is 25.3. The van der Waals surface area contributed by atoms with Crippen LogP contribution >= 0.6 is 0 Å². The Hall–Kier alpha value is -5.13. The van der Waals surface area contributed by atoms with E-state index in [4.69, 9.17) is 14.6 Å². The lowest BCUT2D eigenvalue weighted by atomic mass is 9.90. The number of benzene rings is 3. The minimum Gasteiger partial charge on any atom is -0.509 e. The minimum absolute atomic E-state index is 0.0559. The third-order valence-corrected chi connectivity index (χ3v) is 8.55. The number of halogens is 5. The molecule has 49 heavy (non-hydrogen) atoms. The van der Waals surface area contributed by atoms with E-state index in [0.29, 0.717) is 12.8 Å². The molecule has 1 fully saturated rings. The van der Waals surface area contributed by atoms with Gasteiger partial charge in [-0.3, -0.25) is 14.6 Å². The monoisotopic (exact) mass is 685 g/mol. The second-order valence-electron chi connectivity index (χ2n) is 11.5. The molecule has 0 bridgehead atoms. The Labute approximate surface area is 278 Å². The van der Waals surface area contributed by atoms with E-state index in [2.05, 4.69) is 17.2 Å². The molecule has 3 N–H and O–H groups in total. The summed E-state index contributed by atoms with van der Waals surface area (Å²) in [7, 11) is 2.65. The van der Waals surface area contributed by atoms with Crippen LogP contribution in [0.3, 0.4) is 0 Å². The number of rotatable bonds is 8. The van der Waals surface area contributed by atoms with Gasteiger partial charge < -0.3 is 25.0 Å². The number of nitrogens with zero attached hydrogens (tertiary/aromatic N) is 2. The number of ether oxygens (including phenoxy) is 2. The van der Waals surface area contributed by atoms with Gasteiger partial charge >= 0.3 is 6.18 Å². The van der Waals surface area contributed by atoms with Crippen molar-refractivity contribution in [2.24, 2.45) is 0 Å². The largest absolute Gasteiger partial charge is 0.509 e. The summed E-state index contributed by atoms with van der Waals surface area (Å²) in [6.07, 6.45) is -3.92. The van der Waals surface area contributed by atoms with Crippen LogP contribution in [0, 0.1) is 23.5 Å². The van der Waals surface area contributed by atoms with Crippen molar-refractivity contribution < 1.29 is 51.2 Å². The van der Waals surface area contributed by atoms with E-state index < -0.39 is 58.6 Å². The first-order chi connectivity index (χ1) is 23.3. The highest BCUT2D eigenvalue weighted by Crippen LogP contribution is 2.45. The van der Waals surface area contributed by atoms with Gasteiger partial charge in [-0.2, -0.15) is 13.2 Å². The van der Waals surface area contributed by atoms with Crippen LogP contribution in [-0.4, -0.2) is 65.0 Å². The molecule has 0 aliphatic carbocycles. The lowest BCUT2D eigenvalue weighted by molar-refractivity contribution is -0.160. The number of carbonyl (C=O) groups excluding carboxylic acids is 2. The quantitative estimate of drug-likeness (QED) is 0.152. The fourth-order valence-corrected chi connectivity index (χ4v) is 6.07. The number of aliphatic hydroxyl groups excluding tert-OH is 2. The van der Waals surface area contributed by atoms with E-state index in [-0.39, 0.29) is 59.0 Å². The molecule has 3 aromatic rings. The number of methoxy groups -OCH3 is 2. The van der Waals surface area contributed by atoms with Crippen LogP contribution in [0.5, 0.6) is 11.5 Å². The molecule has 1 saturated heterocycles. The van der Waals surface area contributed by atoms with Gasteiger partial charge in [-0.15, -0.1) is 0 Å². The molecular formula is C35H32F5N3O6. The van der Waals surface area contributed by atoms with Gasteiger partial charge in [0.05, 0.1) is 44.0 Å². The van der Waals surface area contributed by atoms with Crippen LogP contribution in [0.2, 0.25) is 0 Å². The highest BCUT2D eigenvalue weighted by molar-refractivity contribution is 6.24. The molecule has 2 aliphatic rings. The Morgan fingerprint density at radius 2 is 1.82 bits per heavy atom. The van der Waals surface area contributed by atoms with Gasteiger partial charge in [-0.25, -0.2) is 13.8 Å². The molecule has 14 heteroatoms. The average Bonchev–Trinajstić information content (AvgIpc) is 3.48. The van der Waals surface area contributed by atoms with Crippen molar-refractivity contribution in [1.82, 2.24) is 10.0 Å². The van der Waals surface area contributed by atoms with E-state index in [9.17, 15) is 32.3 Å². The SMILES string of the molecule is COc1cccc(-c2cc(C(F)(F)F)ccc2NC(=O)C2=C(O)[C@@]3(C)CCCN3N(Cc3ccc(C#CCCO)c(F)c3F)C2=O)c1OC. The number of para-hydroxylation sites is 1. The summed E-state index contributed by atoms with van der Waals surface area (Å²) >= 11 is 0. The second kappa shape index (κ2) is 13.8. The van der Waals surface area contributed by atoms with Crippen molar-refractivity contribution in [3.05, 3.63) is 88.2 Å². The molecule has 2 heterocycles. The fourth-order valence-electron chi connectivity index (χ4n) is 6.07. The van der Waals surface area contributed by atoms with Gasteiger partial charge in [0.15, 0.2) is 23.1 Å². The van der Waals surface area contributed by atoms with Crippen molar-refractivity contribution in [3.63, 3.8) is 0 Å². The highest BCUT2D eigenvalue weighted by Gasteiger charge is 2.53. The van der Waals surface area contributed by atoms with Crippen LogP contribution in [-0.2, 0) is 22.3 Å². The molecule has 3 aromatic carbocycles. The van der Waals surface area contributed by atoms with Crippen LogP contribution in [0.4, 0.5) is 27.6 Å². The maximum atomic E-state index is 15.3. The predicted molar refractivity (Wildman–Crippen MR) is 168 cm³/mol. The van der Waals surface area contributed by atoms with Gasteiger partial charge in [0, 0.05) is 35.3 Å². The number of hydrazine groups is 1. The number of carbonyl (C=O) groups is 2. The topological polar surface area (TPSA) is 112 Å². The Morgan fingerprint density at radius 3 is 2.49 bits per heavy atom. The molecule has 9 nitrogen and oxygen atoms in total. The predicted octanol–water partition coefficient (Wildman–Crippen LogP) is 5.96. The highest BCUT2D eigenvalue weighted by atomic mass is 19.4. The number of nitrogens with one attached hydrogen (secondary N) is 1. The summed E-state index contributed by atoms with van der Waals surface area (Å²) in [6.45, 7) is 1.06. The first-order valence-electron chi connectivity index (χ1n) is 15.1. The lowest BCUT2D eigenvalue weighted by Crippen LogP contribution is -2.60. The maximum Gasteiger partial charge on any atom is 0.416 e. The van der Waals surface area contributed by atoms with Crippen molar-refractivity contribution in [2.75, 3.05) is 32.7 Å². The molecule has 258 valence electrons. The molecule has 2 aliphatic heterocycles. The Morgan fingerprint density at radius 1 is 1.06 bits per heavy atom. The van der Waals surface area contributed by atoms with Crippen LogP contribution in [0.1, 0.15) is 42.9 Å². The second-order valence-corrected chi connectivity index (χ2v) is 11.5. The summed E-state index contributed by atoms with van der Waals surface area (Å²) in [4.78, 5) is 27.9. The van der Waals surface area contributed by atoms with Crippen LogP contribution in [0.15, 0.2) is 59.9 Å². The van der Waals surface area contributed by atoms with E-state index in [1.807, 2.05) is 0 Å². The third kappa shape index (κ3) is 6.51. The Kier molecular flexibility index (Phi) is 9.89. The Bertz CT molecular complexity index is 1900. The first-order valence-corrected chi connectivity index (χ1v) is 15.1. The summed E-state index contributed by atoms with van der Waals surface area (Å²) in [5.74, 6) is -0.0193. The smallest absolute Gasteiger partial charge is 0.416 e. The molecule has 2 amide bonds. The number of hydrogen-bond donors (Lipinski definition) is 3. The summed E-state index contributed by atoms with van der Waals surface area (Å²) in [6, 6.07) is 9.58. The van der Waals surface area contributed by atoms with Gasteiger partial charge in [0.25, 0.3) is 11.8 Å². The van der Waals surface area contributed by atoms with E-state index in [0.717, 1.165) is 23.2 Å². The number of alkyl halides is 3. The first kappa shape index (κ1) is 35.2. The minimum atomic E-state index is -4.75. The zero-order chi connectivity index (χ0) is 35.7. The molecule has 0 aromatic heterocycles.